The first-order chi connectivity index (χ1) is 5.95. The first-order valence-electron chi connectivity index (χ1n) is 5.41. The van der Waals surface area contributed by atoms with Gasteiger partial charge in [0.25, 0.3) is 0 Å². The van der Waals surface area contributed by atoms with Gasteiger partial charge in [-0.3, -0.25) is 4.90 Å². The van der Waals surface area contributed by atoms with Crippen molar-refractivity contribution in [2.45, 2.75) is 37.8 Å². The molecule has 0 aliphatic carbocycles. The predicted molar refractivity (Wildman–Crippen MR) is 49.1 cm³/mol. The smallest absolute Gasteiger partial charge is 0.0264 e. The van der Waals surface area contributed by atoms with Crippen LogP contribution in [-0.4, -0.2) is 36.6 Å². The molecule has 2 nitrogen and oxygen atoms in total. The molecule has 12 heavy (non-hydrogen) atoms. The van der Waals surface area contributed by atoms with E-state index >= 15 is 0 Å². The molecule has 0 radical (unpaired) electrons. The van der Waals surface area contributed by atoms with Crippen LogP contribution in [-0.2, 0) is 0 Å². The number of fused-ring (bicyclic) bond motifs is 3. The maximum absolute atomic E-state index is 3.52. The Morgan fingerprint density at radius 3 is 3.17 bits per heavy atom. The van der Waals surface area contributed by atoms with Gasteiger partial charge in [-0.2, -0.15) is 0 Å². The van der Waals surface area contributed by atoms with Gasteiger partial charge in [0.2, 0.25) is 0 Å². The van der Waals surface area contributed by atoms with Gasteiger partial charge in [0, 0.05) is 18.6 Å². The quantitative estimate of drug-likeness (QED) is 0.573. The number of hydrogen-bond acceptors (Lipinski definition) is 2. The molecule has 0 amide bonds. The maximum atomic E-state index is 3.52. The van der Waals surface area contributed by atoms with E-state index in [1.807, 2.05) is 0 Å². The molecule has 0 aromatic heterocycles. The fraction of sp³-hybridized carbons (Fsp3) is 1.00. The Hall–Kier alpha value is -0.0800. The van der Waals surface area contributed by atoms with Crippen LogP contribution in [0.2, 0.25) is 0 Å². The molecule has 0 unspecified atom stereocenters. The lowest BCUT2D eigenvalue weighted by Crippen LogP contribution is -2.42. The normalized spacial score (nSPS) is 47.5. The Kier molecular flexibility index (Phi) is 1.66. The monoisotopic (exact) mass is 166 g/mol. The van der Waals surface area contributed by atoms with E-state index in [1.54, 1.807) is 0 Å². The van der Waals surface area contributed by atoms with Crippen LogP contribution in [0.3, 0.4) is 0 Å². The molecule has 68 valence electrons. The summed E-state index contributed by atoms with van der Waals surface area (Å²) in [6.45, 7) is 3.94. The van der Waals surface area contributed by atoms with Crippen LogP contribution >= 0.6 is 0 Å². The Balaban J connectivity index is 1.79. The highest BCUT2D eigenvalue weighted by molar-refractivity contribution is 5.00. The molecule has 3 aliphatic heterocycles. The highest BCUT2D eigenvalue weighted by Crippen LogP contribution is 2.36. The average molecular weight is 166 g/mol. The standard InChI is InChI=1S/C10H18N2/c1-2-4-12-9(3-1)5-8-6-11-7-10(8)12/h8-11H,1-7H2/t8-,9-,10+/m0/s1. The van der Waals surface area contributed by atoms with E-state index < -0.39 is 0 Å². The highest BCUT2D eigenvalue weighted by atomic mass is 15.3. The topological polar surface area (TPSA) is 15.3 Å². The van der Waals surface area contributed by atoms with Crippen molar-refractivity contribution in [1.29, 1.82) is 0 Å². The molecule has 3 saturated heterocycles. The molecule has 0 bridgehead atoms. The molecule has 2 heteroatoms. The summed E-state index contributed by atoms with van der Waals surface area (Å²) in [5.41, 5.74) is 0. The minimum absolute atomic E-state index is 0.912. The summed E-state index contributed by atoms with van der Waals surface area (Å²) in [7, 11) is 0. The molecule has 0 aromatic rings. The first-order valence-corrected chi connectivity index (χ1v) is 5.41. The third-order valence-electron chi connectivity index (χ3n) is 3.98. The van der Waals surface area contributed by atoms with Crippen LogP contribution in [0.15, 0.2) is 0 Å². The molecule has 3 heterocycles. The molecule has 3 fully saturated rings. The van der Waals surface area contributed by atoms with E-state index in [1.165, 1.54) is 45.3 Å². The lowest BCUT2D eigenvalue weighted by Gasteiger charge is -2.33. The van der Waals surface area contributed by atoms with Crippen molar-refractivity contribution in [3.8, 4) is 0 Å². The van der Waals surface area contributed by atoms with Crippen LogP contribution < -0.4 is 5.32 Å². The summed E-state index contributed by atoms with van der Waals surface area (Å²) < 4.78 is 0. The molecule has 3 atom stereocenters. The zero-order valence-electron chi connectivity index (χ0n) is 7.63. The molecular weight excluding hydrogens is 148 g/mol. The van der Waals surface area contributed by atoms with Crippen molar-refractivity contribution >= 4 is 0 Å². The van der Waals surface area contributed by atoms with Gasteiger partial charge in [-0.25, -0.2) is 0 Å². The Morgan fingerprint density at radius 2 is 2.17 bits per heavy atom. The van der Waals surface area contributed by atoms with E-state index in [-0.39, 0.29) is 0 Å². The van der Waals surface area contributed by atoms with E-state index in [4.69, 9.17) is 0 Å². The Labute approximate surface area is 74.3 Å². The number of nitrogens with zero attached hydrogens (tertiary/aromatic N) is 1. The van der Waals surface area contributed by atoms with Crippen LogP contribution in [0, 0.1) is 5.92 Å². The molecule has 0 spiro atoms. The number of piperidine rings is 1. The van der Waals surface area contributed by atoms with Crippen molar-refractivity contribution in [1.82, 2.24) is 10.2 Å². The van der Waals surface area contributed by atoms with Crippen LogP contribution in [0.1, 0.15) is 25.7 Å². The molecule has 3 rings (SSSR count). The summed E-state index contributed by atoms with van der Waals surface area (Å²) >= 11 is 0. The van der Waals surface area contributed by atoms with Crippen molar-refractivity contribution in [2.75, 3.05) is 19.6 Å². The first kappa shape index (κ1) is 7.34. The van der Waals surface area contributed by atoms with Gasteiger partial charge in [-0.1, -0.05) is 6.42 Å². The second-order valence-corrected chi connectivity index (χ2v) is 4.61. The second-order valence-electron chi connectivity index (χ2n) is 4.61. The average Bonchev–Trinajstić information content (AvgIpc) is 2.62. The largest absolute Gasteiger partial charge is 0.315 e. The maximum Gasteiger partial charge on any atom is 0.0264 e. The SMILES string of the molecule is C1CCN2[C@@H](C1)C[C@H]1CNC[C@H]12. The zero-order chi connectivity index (χ0) is 7.97. The van der Waals surface area contributed by atoms with Gasteiger partial charge in [-0.05, 0) is 38.3 Å². The van der Waals surface area contributed by atoms with Crippen molar-refractivity contribution in [3.05, 3.63) is 0 Å². The van der Waals surface area contributed by atoms with Crippen molar-refractivity contribution < 1.29 is 0 Å². The molecule has 3 aliphatic rings. The molecule has 1 N–H and O–H groups in total. The zero-order valence-corrected chi connectivity index (χ0v) is 7.63. The number of rotatable bonds is 0. The Bertz CT molecular complexity index is 181. The van der Waals surface area contributed by atoms with Crippen molar-refractivity contribution in [2.24, 2.45) is 5.92 Å². The fourth-order valence-corrected chi connectivity index (χ4v) is 3.41. The van der Waals surface area contributed by atoms with Crippen LogP contribution in [0.25, 0.3) is 0 Å². The minimum atomic E-state index is 0.912. The van der Waals surface area contributed by atoms with Gasteiger partial charge in [0.15, 0.2) is 0 Å². The lowest BCUT2D eigenvalue weighted by atomic mass is 9.99. The lowest BCUT2D eigenvalue weighted by molar-refractivity contribution is 0.151. The van der Waals surface area contributed by atoms with Gasteiger partial charge < -0.3 is 5.32 Å². The van der Waals surface area contributed by atoms with Crippen molar-refractivity contribution in [3.63, 3.8) is 0 Å². The van der Waals surface area contributed by atoms with Crippen LogP contribution in [0.5, 0.6) is 0 Å². The fourth-order valence-electron chi connectivity index (χ4n) is 3.41. The van der Waals surface area contributed by atoms with Gasteiger partial charge in [0.05, 0.1) is 0 Å². The van der Waals surface area contributed by atoms with Gasteiger partial charge >= 0.3 is 0 Å². The van der Waals surface area contributed by atoms with E-state index in [9.17, 15) is 0 Å². The third kappa shape index (κ3) is 0.944. The summed E-state index contributed by atoms with van der Waals surface area (Å²) in [6, 6.07) is 1.88. The third-order valence-corrected chi connectivity index (χ3v) is 3.98. The predicted octanol–water partition coefficient (Wildman–Crippen LogP) is 0.833. The minimum Gasteiger partial charge on any atom is -0.315 e. The second kappa shape index (κ2) is 2.71. The molecule has 0 saturated carbocycles. The van der Waals surface area contributed by atoms with E-state index in [2.05, 4.69) is 10.2 Å². The summed E-state index contributed by atoms with van der Waals surface area (Å²) in [5, 5.41) is 3.52. The highest BCUT2D eigenvalue weighted by Gasteiger charge is 2.43. The van der Waals surface area contributed by atoms with Gasteiger partial charge in [0.1, 0.15) is 0 Å². The van der Waals surface area contributed by atoms with E-state index in [0.29, 0.717) is 0 Å². The molecular formula is C10H18N2. The number of hydrogen-bond donors (Lipinski definition) is 1. The summed E-state index contributed by atoms with van der Waals surface area (Å²) in [4.78, 5) is 2.79. The van der Waals surface area contributed by atoms with Crippen LogP contribution in [0.4, 0.5) is 0 Å². The summed E-state index contributed by atoms with van der Waals surface area (Å²) in [5.74, 6) is 0.994. The number of nitrogens with one attached hydrogen (secondary N) is 1. The summed E-state index contributed by atoms with van der Waals surface area (Å²) in [6.07, 6.45) is 5.89. The van der Waals surface area contributed by atoms with E-state index in [0.717, 1.165) is 18.0 Å². The molecule has 0 aromatic carbocycles. The van der Waals surface area contributed by atoms with Gasteiger partial charge in [-0.15, -0.1) is 0 Å². The Morgan fingerprint density at radius 1 is 1.17 bits per heavy atom.